The number of alkyl halides is 1. The van der Waals surface area contributed by atoms with Crippen LogP contribution in [0.4, 0.5) is 4.39 Å². The van der Waals surface area contributed by atoms with E-state index in [0.29, 0.717) is 0 Å². The van der Waals surface area contributed by atoms with Crippen molar-refractivity contribution in [2.45, 2.75) is 33.1 Å². The summed E-state index contributed by atoms with van der Waals surface area (Å²) in [4.78, 5) is 0. The summed E-state index contributed by atoms with van der Waals surface area (Å²) >= 11 is 6.63. The summed E-state index contributed by atoms with van der Waals surface area (Å²) in [5.74, 6) is -0.220. The molecular weight excluding hydrogens is 259 g/mol. The second-order valence-electron chi connectivity index (χ2n) is 5.18. The summed E-state index contributed by atoms with van der Waals surface area (Å²) in [5, 5.41) is -0.235. The van der Waals surface area contributed by atoms with E-state index in [-0.39, 0.29) is 11.2 Å². The van der Waals surface area contributed by atoms with Crippen molar-refractivity contribution in [3.8, 4) is 0 Å². The van der Waals surface area contributed by atoms with Gasteiger partial charge in [0.1, 0.15) is 5.82 Å². The van der Waals surface area contributed by atoms with Gasteiger partial charge in [0.15, 0.2) is 0 Å². The van der Waals surface area contributed by atoms with Gasteiger partial charge in [0.05, 0.1) is 5.38 Å². The minimum atomic E-state index is -0.235. The van der Waals surface area contributed by atoms with E-state index < -0.39 is 0 Å². The van der Waals surface area contributed by atoms with E-state index in [1.165, 1.54) is 28.8 Å². The third-order valence-electron chi connectivity index (χ3n) is 3.50. The molecule has 0 saturated carbocycles. The highest BCUT2D eigenvalue weighted by atomic mass is 35.5. The summed E-state index contributed by atoms with van der Waals surface area (Å²) in [6, 6.07) is 9.05. The van der Waals surface area contributed by atoms with E-state index in [0.717, 1.165) is 16.7 Å². The molecule has 2 heteroatoms. The Morgan fingerprint density at radius 2 is 1.47 bits per heavy atom. The Morgan fingerprint density at radius 3 is 2.00 bits per heavy atom. The molecule has 0 N–H and O–H groups in total. The molecule has 0 aliphatic rings. The molecule has 0 aliphatic heterocycles. The number of rotatable bonds is 2. The average molecular weight is 277 g/mol. The third kappa shape index (κ3) is 2.82. The van der Waals surface area contributed by atoms with Crippen LogP contribution >= 0.6 is 11.6 Å². The van der Waals surface area contributed by atoms with E-state index in [4.69, 9.17) is 11.6 Å². The minimum absolute atomic E-state index is 0.220. The highest BCUT2D eigenvalue weighted by molar-refractivity contribution is 6.23. The fourth-order valence-electron chi connectivity index (χ4n) is 2.67. The van der Waals surface area contributed by atoms with Gasteiger partial charge in [-0.1, -0.05) is 23.8 Å². The Labute approximate surface area is 119 Å². The van der Waals surface area contributed by atoms with Gasteiger partial charge in [0.25, 0.3) is 0 Å². The van der Waals surface area contributed by atoms with Crippen molar-refractivity contribution >= 4 is 11.6 Å². The van der Waals surface area contributed by atoms with E-state index in [1.54, 1.807) is 6.07 Å². The van der Waals surface area contributed by atoms with Gasteiger partial charge in [-0.2, -0.15) is 0 Å². The standard InChI is InChI=1S/C17H18ClF/c1-10-7-12(3)16(13(4)8-10)17(18)15-6-5-14(19)9-11(15)2/h5-9,17H,1-4H3. The van der Waals surface area contributed by atoms with Crippen molar-refractivity contribution in [2.75, 3.05) is 0 Å². The summed E-state index contributed by atoms with van der Waals surface area (Å²) < 4.78 is 13.2. The molecule has 1 atom stereocenters. The Kier molecular flexibility index (Phi) is 3.96. The van der Waals surface area contributed by atoms with Gasteiger partial charge in [-0.15, -0.1) is 11.6 Å². The lowest BCUT2D eigenvalue weighted by Crippen LogP contribution is -2.02. The van der Waals surface area contributed by atoms with Gasteiger partial charge in [0, 0.05) is 0 Å². The molecule has 19 heavy (non-hydrogen) atoms. The van der Waals surface area contributed by atoms with Gasteiger partial charge in [0.2, 0.25) is 0 Å². The predicted octanol–water partition coefficient (Wildman–Crippen LogP) is 5.39. The van der Waals surface area contributed by atoms with Gasteiger partial charge in [-0.05, 0) is 67.6 Å². The van der Waals surface area contributed by atoms with Gasteiger partial charge >= 0.3 is 0 Å². The lowest BCUT2D eigenvalue weighted by atomic mass is 9.92. The van der Waals surface area contributed by atoms with E-state index in [9.17, 15) is 4.39 Å². The second-order valence-corrected chi connectivity index (χ2v) is 5.61. The summed E-state index contributed by atoms with van der Waals surface area (Å²) in [7, 11) is 0. The topological polar surface area (TPSA) is 0 Å². The molecule has 0 spiro atoms. The van der Waals surface area contributed by atoms with Crippen LogP contribution in [0.3, 0.4) is 0 Å². The van der Waals surface area contributed by atoms with Gasteiger partial charge in [-0.3, -0.25) is 0 Å². The van der Waals surface area contributed by atoms with E-state index >= 15 is 0 Å². The summed E-state index contributed by atoms with van der Waals surface area (Å²) in [6.07, 6.45) is 0. The van der Waals surface area contributed by atoms with Gasteiger partial charge in [-0.25, -0.2) is 4.39 Å². The van der Waals surface area contributed by atoms with Crippen LogP contribution in [0.15, 0.2) is 30.3 Å². The van der Waals surface area contributed by atoms with E-state index in [2.05, 4.69) is 32.9 Å². The largest absolute Gasteiger partial charge is 0.207 e. The molecule has 0 aliphatic carbocycles. The van der Waals surface area contributed by atoms with Crippen LogP contribution in [-0.2, 0) is 0 Å². The zero-order chi connectivity index (χ0) is 14.2. The smallest absolute Gasteiger partial charge is 0.123 e. The molecule has 0 amide bonds. The maximum atomic E-state index is 13.2. The number of hydrogen-bond donors (Lipinski definition) is 0. The monoisotopic (exact) mass is 276 g/mol. The maximum absolute atomic E-state index is 13.2. The normalized spacial score (nSPS) is 12.5. The molecule has 1 unspecified atom stereocenters. The molecule has 0 fully saturated rings. The first-order valence-electron chi connectivity index (χ1n) is 6.38. The van der Waals surface area contributed by atoms with Crippen LogP contribution in [-0.4, -0.2) is 0 Å². The molecular formula is C17H18ClF. The molecule has 0 bridgehead atoms. The Hall–Kier alpha value is -1.34. The number of benzene rings is 2. The zero-order valence-corrected chi connectivity index (χ0v) is 12.5. The Morgan fingerprint density at radius 1 is 0.895 bits per heavy atom. The lowest BCUT2D eigenvalue weighted by Gasteiger charge is -2.19. The number of aryl methyl sites for hydroxylation is 4. The first-order valence-corrected chi connectivity index (χ1v) is 6.81. The van der Waals surface area contributed by atoms with E-state index in [1.807, 2.05) is 6.92 Å². The van der Waals surface area contributed by atoms with Crippen molar-refractivity contribution in [3.05, 3.63) is 69.5 Å². The van der Waals surface area contributed by atoms with Crippen molar-refractivity contribution in [2.24, 2.45) is 0 Å². The third-order valence-corrected chi connectivity index (χ3v) is 3.95. The Bertz CT molecular complexity index is 594. The quantitative estimate of drug-likeness (QED) is 0.645. The van der Waals surface area contributed by atoms with Crippen LogP contribution in [0, 0.1) is 33.5 Å². The Balaban J connectivity index is 2.53. The average Bonchev–Trinajstić information content (AvgIpc) is 2.26. The van der Waals surface area contributed by atoms with Crippen LogP contribution in [0.1, 0.15) is 38.8 Å². The molecule has 2 aromatic carbocycles. The molecule has 2 aromatic rings. The highest BCUT2D eigenvalue weighted by Gasteiger charge is 2.18. The first kappa shape index (κ1) is 14.1. The molecule has 0 nitrogen and oxygen atoms in total. The zero-order valence-electron chi connectivity index (χ0n) is 11.7. The molecule has 0 radical (unpaired) electrons. The SMILES string of the molecule is Cc1cc(C)c(C(Cl)c2ccc(F)cc2C)c(C)c1. The van der Waals surface area contributed by atoms with Crippen molar-refractivity contribution in [1.82, 2.24) is 0 Å². The lowest BCUT2D eigenvalue weighted by molar-refractivity contribution is 0.625. The van der Waals surface area contributed by atoms with Crippen LogP contribution in [0.25, 0.3) is 0 Å². The van der Waals surface area contributed by atoms with Crippen LogP contribution in [0.5, 0.6) is 0 Å². The van der Waals surface area contributed by atoms with Crippen molar-refractivity contribution < 1.29 is 4.39 Å². The predicted molar refractivity (Wildman–Crippen MR) is 79.5 cm³/mol. The van der Waals surface area contributed by atoms with Crippen molar-refractivity contribution in [3.63, 3.8) is 0 Å². The van der Waals surface area contributed by atoms with Crippen molar-refractivity contribution in [1.29, 1.82) is 0 Å². The van der Waals surface area contributed by atoms with Gasteiger partial charge < -0.3 is 0 Å². The molecule has 0 heterocycles. The van der Waals surface area contributed by atoms with Crippen LogP contribution < -0.4 is 0 Å². The summed E-state index contributed by atoms with van der Waals surface area (Å²) in [5.41, 5.74) is 6.58. The molecule has 0 aromatic heterocycles. The van der Waals surface area contributed by atoms with Crippen LogP contribution in [0.2, 0.25) is 0 Å². The fraction of sp³-hybridized carbons (Fsp3) is 0.294. The highest BCUT2D eigenvalue weighted by Crippen LogP contribution is 2.35. The minimum Gasteiger partial charge on any atom is -0.207 e. The molecule has 100 valence electrons. The first-order chi connectivity index (χ1) is 8.90. The number of hydrogen-bond acceptors (Lipinski definition) is 0. The maximum Gasteiger partial charge on any atom is 0.123 e. The molecule has 2 rings (SSSR count). The molecule has 0 saturated heterocycles. The fourth-order valence-corrected chi connectivity index (χ4v) is 3.26. The number of halogens is 2. The second kappa shape index (κ2) is 5.34. The summed E-state index contributed by atoms with van der Waals surface area (Å²) in [6.45, 7) is 8.12.